The summed E-state index contributed by atoms with van der Waals surface area (Å²) in [5.41, 5.74) is 2.21. The molecule has 0 spiro atoms. The van der Waals surface area contributed by atoms with Crippen molar-refractivity contribution in [2.24, 2.45) is 5.92 Å². The first kappa shape index (κ1) is 11.5. The van der Waals surface area contributed by atoms with Crippen LogP contribution >= 0.6 is 0 Å². The van der Waals surface area contributed by atoms with Gasteiger partial charge in [-0.25, -0.2) is 0 Å². The fraction of sp³-hybridized carbons (Fsp3) is 0.571. The summed E-state index contributed by atoms with van der Waals surface area (Å²) >= 11 is 0. The van der Waals surface area contributed by atoms with Crippen molar-refractivity contribution < 1.29 is 9.84 Å². The third-order valence-electron chi connectivity index (χ3n) is 3.31. The van der Waals surface area contributed by atoms with Crippen LogP contribution in [0, 0.1) is 5.92 Å². The Morgan fingerprint density at radius 3 is 2.50 bits per heavy atom. The molecule has 2 rings (SSSR count). The van der Waals surface area contributed by atoms with Crippen molar-refractivity contribution in [3.63, 3.8) is 0 Å². The molecule has 1 aliphatic rings. The Morgan fingerprint density at radius 2 is 2.00 bits per heavy atom. The van der Waals surface area contributed by atoms with Crippen molar-refractivity contribution in [2.45, 2.75) is 38.7 Å². The largest absolute Gasteiger partial charge is 0.496 e. The molecule has 0 heterocycles. The summed E-state index contributed by atoms with van der Waals surface area (Å²) in [6, 6.07) is 6.13. The van der Waals surface area contributed by atoms with Crippen LogP contribution in [0.1, 0.15) is 49.8 Å². The number of hydrogen-bond acceptors (Lipinski definition) is 2. The Labute approximate surface area is 97.3 Å². The topological polar surface area (TPSA) is 29.5 Å². The second-order valence-corrected chi connectivity index (χ2v) is 4.94. The summed E-state index contributed by atoms with van der Waals surface area (Å²) in [6.07, 6.45) is 1.92. The van der Waals surface area contributed by atoms with Crippen LogP contribution in [-0.2, 0) is 0 Å². The van der Waals surface area contributed by atoms with Gasteiger partial charge >= 0.3 is 0 Å². The van der Waals surface area contributed by atoms with Crippen LogP contribution < -0.4 is 4.74 Å². The lowest BCUT2D eigenvalue weighted by atomic mass is 9.96. The zero-order valence-electron chi connectivity index (χ0n) is 10.2. The van der Waals surface area contributed by atoms with E-state index in [0.717, 1.165) is 24.2 Å². The number of methoxy groups -OCH3 is 1. The Balaban J connectivity index is 2.34. The van der Waals surface area contributed by atoms with Crippen LogP contribution in [-0.4, -0.2) is 12.2 Å². The van der Waals surface area contributed by atoms with E-state index < -0.39 is 0 Å². The molecule has 1 unspecified atom stereocenters. The third-order valence-corrected chi connectivity index (χ3v) is 3.31. The molecule has 1 aromatic rings. The summed E-state index contributed by atoms with van der Waals surface area (Å²) in [6.45, 7) is 4.32. The Hall–Kier alpha value is -1.02. The zero-order valence-corrected chi connectivity index (χ0v) is 10.2. The van der Waals surface area contributed by atoms with Gasteiger partial charge in [-0.15, -0.1) is 0 Å². The summed E-state index contributed by atoms with van der Waals surface area (Å²) in [5, 5.41) is 10.2. The van der Waals surface area contributed by atoms with Gasteiger partial charge in [0.2, 0.25) is 0 Å². The highest BCUT2D eigenvalue weighted by atomic mass is 16.5. The van der Waals surface area contributed by atoms with E-state index in [1.54, 1.807) is 7.11 Å². The number of rotatable bonds is 4. The fourth-order valence-corrected chi connectivity index (χ4v) is 2.01. The van der Waals surface area contributed by atoms with Crippen LogP contribution in [0.3, 0.4) is 0 Å². The van der Waals surface area contributed by atoms with Crippen LogP contribution in [0.25, 0.3) is 0 Å². The van der Waals surface area contributed by atoms with Crippen LogP contribution in [0.2, 0.25) is 0 Å². The van der Waals surface area contributed by atoms with E-state index >= 15 is 0 Å². The first-order chi connectivity index (χ1) is 7.63. The van der Waals surface area contributed by atoms with Crippen LogP contribution in [0.5, 0.6) is 5.75 Å². The van der Waals surface area contributed by atoms with Crippen molar-refractivity contribution in [3.8, 4) is 5.75 Å². The van der Waals surface area contributed by atoms with E-state index in [1.165, 1.54) is 5.56 Å². The van der Waals surface area contributed by atoms with E-state index in [-0.39, 0.29) is 6.10 Å². The van der Waals surface area contributed by atoms with Crippen molar-refractivity contribution in [3.05, 3.63) is 29.3 Å². The molecule has 0 bridgehead atoms. The Kier molecular flexibility index (Phi) is 3.20. The molecule has 1 aliphatic carbocycles. The molecule has 0 saturated heterocycles. The van der Waals surface area contributed by atoms with Gasteiger partial charge in [-0.05, 0) is 42.4 Å². The summed E-state index contributed by atoms with van der Waals surface area (Å²) in [4.78, 5) is 0. The van der Waals surface area contributed by atoms with Gasteiger partial charge in [-0.3, -0.25) is 0 Å². The summed E-state index contributed by atoms with van der Waals surface area (Å²) in [5.74, 6) is 1.73. The lowest BCUT2D eigenvalue weighted by Crippen LogP contribution is -2.04. The predicted molar refractivity (Wildman–Crippen MR) is 64.8 cm³/mol. The minimum Gasteiger partial charge on any atom is -0.496 e. The molecule has 0 aromatic heterocycles. The molecule has 88 valence electrons. The smallest absolute Gasteiger partial charge is 0.124 e. The first-order valence-electron chi connectivity index (χ1n) is 5.99. The average molecular weight is 220 g/mol. The maximum atomic E-state index is 10.2. The second kappa shape index (κ2) is 4.46. The SMILES string of the molecule is COc1ccc(C(C)C)cc1C(O)C1CC1. The Bertz CT molecular complexity index is 367. The molecule has 1 N–H and O–H groups in total. The van der Waals surface area contributed by atoms with Gasteiger partial charge in [-0.1, -0.05) is 19.9 Å². The molecule has 1 atom stereocenters. The molecule has 0 radical (unpaired) electrons. The number of aliphatic hydroxyl groups is 1. The normalized spacial score (nSPS) is 17.6. The van der Waals surface area contributed by atoms with Crippen molar-refractivity contribution in [2.75, 3.05) is 7.11 Å². The number of benzene rings is 1. The minimum absolute atomic E-state index is 0.353. The predicted octanol–water partition coefficient (Wildman–Crippen LogP) is 3.26. The van der Waals surface area contributed by atoms with Gasteiger partial charge in [0.15, 0.2) is 0 Å². The average Bonchev–Trinajstić information content (AvgIpc) is 3.11. The van der Waals surface area contributed by atoms with Gasteiger partial charge in [0.1, 0.15) is 5.75 Å². The minimum atomic E-state index is -0.353. The van der Waals surface area contributed by atoms with E-state index in [1.807, 2.05) is 6.07 Å². The standard InChI is InChI=1S/C14H20O2/c1-9(2)11-6-7-13(16-3)12(8-11)14(15)10-4-5-10/h6-10,14-15H,4-5H2,1-3H3. The highest BCUT2D eigenvalue weighted by Crippen LogP contribution is 2.44. The number of hydrogen-bond donors (Lipinski definition) is 1. The molecule has 2 nitrogen and oxygen atoms in total. The van der Waals surface area contributed by atoms with Crippen molar-refractivity contribution >= 4 is 0 Å². The molecular weight excluding hydrogens is 200 g/mol. The van der Waals surface area contributed by atoms with Gasteiger partial charge in [0.05, 0.1) is 13.2 Å². The lowest BCUT2D eigenvalue weighted by Gasteiger charge is -2.16. The molecule has 0 aliphatic heterocycles. The molecule has 0 amide bonds. The first-order valence-corrected chi connectivity index (χ1v) is 5.99. The van der Waals surface area contributed by atoms with Gasteiger partial charge in [0, 0.05) is 5.56 Å². The lowest BCUT2D eigenvalue weighted by molar-refractivity contribution is 0.150. The Morgan fingerprint density at radius 1 is 1.31 bits per heavy atom. The zero-order chi connectivity index (χ0) is 11.7. The fourth-order valence-electron chi connectivity index (χ4n) is 2.01. The molecule has 16 heavy (non-hydrogen) atoms. The highest BCUT2D eigenvalue weighted by molar-refractivity contribution is 5.40. The monoisotopic (exact) mass is 220 g/mol. The number of ether oxygens (including phenoxy) is 1. The van der Waals surface area contributed by atoms with E-state index in [2.05, 4.69) is 26.0 Å². The van der Waals surface area contributed by atoms with Gasteiger partial charge in [-0.2, -0.15) is 0 Å². The van der Waals surface area contributed by atoms with E-state index in [0.29, 0.717) is 11.8 Å². The maximum Gasteiger partial charge on any atom is 0.124 e. The highest BCUT2D eigenvalue weighted by Gasteiger charge is 2.32. The molecular formula is C14H20O2. The van der Waals surface area contributed by atoms with Crippen LogP contribution in [0.15, 0.2) is 18.2 Å². The van der Waals surface area contributed by atoms with Gasteiger partial charge in [0.25, 0.3) is 0 Å². The second-order valence-electron chi connectivity index (χ2n) is 4.94. The maximum absolute atomic E-state index is 10.2. The molecule has 1 aromatic carbocycles. The molecule has 1 fully saturated rings. The molecule has 1 saturated carbocycles. The number of aliphatic hydroxyl groups excluding tert-OH is 1. The summed E-state index contributed by atoms with van der Waals surface area (Å²) in [7, 11) is 1.66. The van der Waals surface area contributed by atoms with Gasteiger partial charge < -0.3 is 9.84 Å². The third kappa shape index (κ3) is 2.22. The van der Waals surface area contributed by atoms with Crippen LogP contribution in [0.4, 0.5) is 0 Å². The summed E-state index contributed by atoms with van der Waals surface area (Å²) < 4.78 is 5.32. The molecule has 2 heteroatoms. The van der Waals surface area contributed by atoms with Crippen molar-refractivity contribution in [1.82, 2.24) is 0 Å². The van der Waals surface area contributed by atoms with E-state index in [9.17, 15) is 5.11 Å². The van der Waals surface area contributed by atoms with E-state index in [4.69, 9.17) is 4.74 Å². The quantitative estimate of drug-likeness (QED) is 0.844. The van der Waals surface area contributed by atoms with Crippen molar-refractivity contribution in [1.29, 1.82) is 0 Å².